The molecule has 0 aliphatic heterocycles. The van der Waals surface area contributed by atoms with Crippen LogP contribution in [-0.4, -0.2) is 47.6 Å². The fourth-order valence-corrected chi connectivity index (χ4v) is 3.14. The summed E-state index contributed by atoms with van der Waals surface area (Å²) < 4.78 is 110. The maximum absolute atomic E-state index is 13.1. The van der Waals surface area contributed by atoms with Gasteiger partial charge < -0.3 is 15.0 Å². The third-order valence-electron chi connectivity index (χ3n) is 2.89. The molecule has 1 aromatic rings. The van der Waals surface area contributed by atoms with Gasteiger partial charge in [0, 0.05) is 3.57 Å². The third-order valence-corrected chi connectivity index (χ3v) is 4.35. The van der Waals surface area contributed by atoms with E-state index in [0.717, 1.165) is 12.1 Å². The van der Waals surface area contributed by atoms with Gasteiger partial charge in [-0.1, -0.05) is 0 Å². The van der Waals surface area contributed by atoms with E-state index in [1.807, 2.05) is 0 Å². The van der Waals surface area contributed by atoms with E-state index < -0.39 is 51.0 Å². The summed E-state index contributed by atoms with van der Waals surface area (Å²) in [6.45, 7) is 0. The summed E-state index contributed by atoms with van der Waals surface area (Å²) in [7, 11) is -6.06. The summed E-state index contributed by atoms with van der Waals surface area (Å²) in [5.74, 6) is -6.00. The summed E-state index contributed by atoms with van der Waals surface area (Å²) in [5, 5.41) is 9.95. The Labute approximate surface area is 150 Å². The molecule has 0 fully saturated rings. The molecule has 0 unspecified atom stereocenters. The number of amides is 1. The van der Waals surface area contributed by atoms with Gasteiger partial charge in [0.1, 0.15) is 5.75 Å². The van der Waals surface area contributed by atoms with Gasteiger partial charge in [0.25, 0.3) is 5.91 Å². The molecule has 6 nitrogen and oxygen atoms in total. The Hall–Kier alpha value is -1.29. The lowest BCUT2D eigenvalue weighted by molar-refractivity contribution is -0.296. The fourth-order valence-electron chi connectivity index (χ4n) is 1.72. The van der Waals surface area contributed by atoms with Gasteiger partial charge in [-0.15, -0.1) is 0 Å². The minimum Gasteiger partial charge on any atom is -0.748 e. The monoisotopic (exact) mass is 506 g/mol. The van der Waals surface area contributed by atoms with Crippen molar-refractivity contribution < 1.29 is 49.2 Å². The Morgan fingerprint density at radius 2 is 1.64 bits per heavy atom. The number of rotatable bonds is 4. The molecular weight excluding hydrogens is 499 g/mol. The topological polar surface area (TPSA) is 107 Å². The standard InChI is InChI=1S/C11H8F6INO5S/c12-10(13,14)9(11(15,16)17,4-25(22,23)24)19-8(21)6-3-5(18)1-2-7(6)20/h1-3,20H,4H2,(H,19,21)(H,22,23,24)/p-1. The van der Waals surface area contributed by atoms with Crippen molar-refractivity contribution in [3.8, 4) is 5.75 Å². The molecule has 0 saturated carbocycles. The number of carbonyl (C=O) groups excluding carboxylic acids is 1. The second kappa shape index (κ2) is 6.79. The van der Waals surface area contributed by atoms with Crippen LogP contribution in [0.2, 0.25) is 0 Å². The van der Waals surface area contributed by atoms with Gasteiger partial charge in [-0.2, -0.15) is 26.3 Å². The number of hydrogen-bond acceptors (Lipinski definition) is 5. The lowest BCUT2D eigenvalue weighted by atomic mass is 9.99. The maximum Gasteiger partial charge on any atom is 0.421 e. The molecule has 0 aliphatic rings. The molecule has 0 heterocycles. The summed E-state index contributed by atoms with van der Waals surface area (Å²) >= 11 is 1.57. The van der Waals surface area contributed by atoms with Crippen molar-refractivity contribution in [1.29, 1.82) is 0 Å². The quantitative estimate of drug-likeness (QED) is 0.370. The van der Waals surface area contributed by atoms with Gasteiger partial charge in [0.15, 0.2) is 0 Å². The second-order valence-electron chi connectivity index (χ2n) is 4.72. The van der Waals surface area contributed by atoms with Crippen LogP contribution in [0.25, 0.3) is 0 Å². The number of phenols is 1. The van der Waals surface area contributed by atoms with Gasteiger partial charge in [-0.05, 0) is 40.8 Å². The molecule has 0 atom stereocenters. The van der Waals surface area contributed by atoms with Crippen molar-refractivity contribution in [2.75, 3.05) is 5.75 Å². The molecule has 25 heavy (non-hydrogen) atoms. The minimum absolute atomic E-state index is 0.182. The fraction of sp³-hybridized carbons (Fsp3) is 0.364. The van der Waals surface area contributed by atoms with Gasteiger partial charge in [0.05, 0.1) is 21.4 Å². The number of phenolic OH excluding ortho intramolecular Hbond substituents is 1. The zero-order chi connectivity index (χ0) is 19.8. The van der Waals surface area contributed by atoms with Crippen LogP contribution in [-0.2, 0) is 10.1 Å². The van der Waals surface area contributed by atoms with E-state index in [9.17, 15) is 49.2 Å². The first-order valence-corrected chi connectivity index (χ1v) is 8.54. The van der Waals surface area contributed by atoms with E-state index in [-0.39, 0.29) is 3.57 Å². The number of nitrogens with one attached hydrogen (secondary N) is 1. The molecule has 1 aromatic carbocycles. The van der Waals surface area contributed by atoms with Crippen molar-refractivity contribution in [2.24, 2.45) is 0 Å². The van der Waals surface area contributed by atoms with Crippen molar-refractivity contribution in [3.05, 3.63) is 27.3 Å². The lowest BCUT2D eigenvalue weighted by Crippen LogP contribution is -2.70. The van der Waals surface area contributed by atoms with Gasteiger partial charge in [0.2, 0.25) is 5.54 Å². The van der Waals surface area contributed by atoms with Crippen molar-refractivity contribution >= 4 is 38.6 Å². The average molecular weight is 506 g/mol. The van der Waals surface area contributed by atoms with E-state index in [1.165, 1.54) is 6.07 Å². The molecule has 1 rings (SSSR count). The Bertz CT molecular complexity index is 762. The van der Waals surface area contributed by atoms with Crippen LogP contribution >= 0.6 is 22.6 Å². The predicted molar refractivity (Wildman–Crippen MR) is 77.7 cm³/mol. The highest BCUT2D eigenvalue weighted by atomic mass is 127. The SMILES string of the molecule is O=C(NC(CS(=O)(=O)[O-])(C(F)(F)F)C(F)(F)F)c1cc(I)ccc1O. The van der Waals surface area contributed by atoms with Crippen LogP contribution in [0.3, 0.4) is 0 Å². The zero-order valence-electron chi connectivity index (χ0n) is 11.6. The predicted octanol–water partition coefficient (Wildman–Crippen LogP) is 2.14. The van der Waals surface area contributed by atoms with Crippen molar-refractivity contribution in [3.63, 3.8) is 0 Å². The summed E-state index contributed by atoms with van der Waals surface area (Å²) in [5.41, 5.74) is -6.31. The van der Waals surface area contributed by atoms with E-state index in [4.69, 9.17) is 0 Å². The second-order valence-corrected chi connectivity index (χ2v) is 7.37. The number of hydrogen-bond donors (Lipinski definition) is 2. The first-order chi connectivity index (χ1) is 11.0. The Kier molecular flexibility index (Phi) is 5.91. The number of carbonyl (C=O) groups is 1. The van der Waals surface area contributed by atoms with Crippen LogP contribution in [0.5, 0.6) is 5.75 Å². The Morgan fingerprint density at radius 1 is 1.16 bits per heavy atom. The number of aromatic hydroxyl groups is 1. The Balaban J connectivity index is 3.53. The molecule has 142 valence electrons. The molecule has 2 N–H and O–H groups in total. The van der Waals surface area contributed by atoms with Crippen LogP contribution in [0.15, 0.2) is 18.2 Å². The molecule has 0 bridgehead atoms. The van der Waals surface area contributed by atoms with Crippen LogP contribution in [0, 0.1) is 3.57 Å². The normalized spacial score (nSPS) is 13.6. The average Bonchev–Trinajstić information content (AvgIpc) is 2.36. The summed E-state index contributed by atoms with van der Waals surface area (Å²) in [4.78, 5) is 11.8. The minimum atomic E-state index is -6.37. The smallest absolute Gasteiger partial charge is 0.421 e. The van der Waals surface area contributed by atoms with E-state index >= 15 is 0 Å². The van der Waals surface area contributed by atoms with Crippen LogP contribution in [0.1, 0.15) is 10.4 Å². The summed E-state index contributed by atoms with van der Waals surface area (Å²) in [6, 6.07) is 2.81. The molecule has 0 radical (unpaired) electrons. The molecule has 0 spiro atoms. The lowest BCUT2D eigenvalue weighted by Gasteiger charge is -2.38. The molecule has 0 aliphatic carbocycles. The van der Waals surface area contributed by atoms with Crippen LogP contribution in [0.4, 0.5) is 26.3 Å². The van der Waals surface area contributed by atoms with E-state index in [0.29, 0.717) is 5.32 Å². The molecule has 1 amide bonds. The van der Waals surface area contributed by atoms with Crippen molar-refractivity contribution in [1.82, 2.24) is 5.32 Å². The first-order valence-electron chi connectivity index (χ1n) is 5.88. The third kappa shape index (κ3) is 4.87. The highest BCUT2D eigenvalue weighted by Gasteiger charge is 2.72. The highest BCUT2D eigenvalue weighted by Crippen LogP contribution is 2.44. The molecule has 0 aromatic heterocycles. The summed E-state index contributed by atoms with van der Waals surface area (Å²) in [6.07, 6.45) is -12.7. The van der Waals surface area contributed by atoms with Gasteiger partial charge in [-0.3, -0.25) is 4.79 Å². The molecule has 14 heteroatoms. The largest absolute Gasteiger partial charge is 0.748 e. The van der Waals surface area contributed by atoms with Crippen molar-refractivity contribution in [2.45, 2.75) is 17.9 Å². The molecule has 0 saturated heterocycles. The maximum atomic E-state index is 13.1. The number of alkyl halides is 6. The molecular formula is C11H7F6INO5S-. The number of benzene rings is 1. The Morgan fingerprint density at radius 3 is 2.04 bits per heavy atom. The highest BCUT2D eigenvalue weighted by molar-refractivity contribution is 14.1. The number of halogens is 7. The van der Waals surface area contributed by atoms with Gasteiger partial charge in [-0.25, -0.2) is 8.42 Å². The van der Waals surface area contributed by atoms with Gasteiger partial charge >= 0.3 is 12.4 Å². The first kappa shape index (κ1) is 21.8. The van der Waals surface area contributed by atoms with E-state index in [1.54, 1.807) is 22.6 Å². The van der Waals surface area contributed by atoms with Crippen LogP contribution < -0.4 is 5.32 Å². The zero-order valence-corrected chi connectivity index (χ0v) is 14.5. The van der Waals surface area contributed by atoms with E-state index in [2.05, 4.69) is 0 Å².